The van der Waals surface area contributed by atoms with E-state index in [0.717, 1.165) is 22.7 Å². The molecule has 0 atom stereocenters. The second-order valence-electron chi connectivity index (χ2n) is 9.41. The molecule has 0 N–H and O–H groups in total. The van der Waals surface area contributed by atoms with Gasteiger partial charge in [0.15, 0.2) is 0 Å². The maximum Gasteiger partial charge on any atom is 2.00 e. The Morgan fingerprint density at radius 1 is 0.692 bits per heavy atom. The summed E-state index contributed by atoms with van der Waals surface area (Å²) in [7, 11) is 2.61. The van der Waals surface area contributed by atoms with Gasteiger partial charge in [0.25, 0.3) is 0 Å². The van der Waals surface area contributed by atoms with Gasteiger partial charge in [-0.15, -0.1) is 23.2 Å². The van der Waals surface area contributed by atoms with Gasteiger partial charge in [0, 0.05) is 24.2 Å². The van der Waals surface area contributed by atoms with Gasteiger partial charge in [-0.3, -0.25) is 15.0 Å². The first-order chi connectivity index (χ1) is 24.6. The Labute approximate surface area is 336 Å². The van der Waals surface area contributed by atoms with E-state index in [2.05, 4.69) is 93.0 Å². The van der Waals surface area contributed by atoms with E-state index < -0.39 is 11.9 Å². The third kappa shape index (κ3) is 16.5. The summed E-state index contributed by atoms with van der Waals surface area (Å²) in [6.07, 6.45) is 4.76. The number of isothiocyanates is 2. The van der Waals surface area contributed by atoms with Gasteiger partial charge in [-0.05, 0) is 61.4 Å². The summed E-state index contributed by atoms with van der Waals surface area (Å²) in [4.78, 5) is 40.6. The standard InChI is InChI=1S/C20H18N2.C14H12N2O4.CH2Cl2.2CNS.Ru/c1-15-9-8-10-16(2)19(15)22-20(17-11-4-3-5-12-17)18-13-6-7-14-21-18;1-19-13(17)9-3-5-15-11(7-9)12-8-10(4-6-16-12)14(18)20-2;3*2-1-3;/h3-14H,1-2H3;3-8H,1-2H3;1H2;;;/q;;;2*-1;+2. The molecule has 3 aromatic heterocycles. The monoisotopic (exact) mass is 860 g/mol. The van der Waals surface area contributed by atoms with Crippen LogP contribution in [0, 0.1) is 13.8 Å². The van der Waals surface area contributed by atoms with Crippen molar-refractivity contribution < 1.29 is 38.5 Å². The van der Waals surface area contributed by atoms with Crippen molar-refractivity contribution in [1.29, 1.82) is 0 Å². The number of halogens is 2. The van der Waals surface area contributed by atoms with Gasteiger partial charge in [0.1, 0.15) is 0 Å². The molecule has 0 unspecified atom stereocenters. The van der Waals surface area contributed by atoms with Gasteiger partial charge < -0.3 is 20.3 Å². The Bertz CT molecular complexity index is 1810. The Balaban J connectivity index is 0.000000805. The number of para-hydroxylation sites is 1. The minimum atomic E-state index is -0.460. The molecule has 10 nitrogen and oxygen atoms in total. The van der Waals surface area contributed by atoms with Crippen LogP contribution in [0.3, 0.4) is 0 Å². The molecule has 0 fully saturated rings. The molecule has 0 aliphatic rings. The van der Waals surface area contributed by atoms with Crippen molar-refractivity contribution in [3.63, 3.8) is 0 Å². The number of methoxy groups -OCH3 is 2. The predicted octanol–water partition coefficient (Wildman–Crippen LogP) is 9.32. The number of aromatic nitrogens is 3. The van der Waals surface area contributed by atoms with Crippen LogP contribution in [-0.4, -0.2) is 62.5 Å². The smallest absolute Gasteiger partial charge is 0.753 e. The topological polar surface area (TPSA) is 148 Å². The number of alkyl halides is 2. The van der Waals surface area contributed by atoms with Gasteiger partial charge in [-0.25, -0.2) is 14.6 Å². The SMILES string of the molecule is COC(=O)c1ccnc(-c2cc(C(=O)OC)ccn2)c1.Cc1cccc(C)c1N=C(c1ccccc1)c1ccccn1.ClCCl.[N-]=C=S.[N-]=C=S.[Ru+2]. The first kappa shape index (κ1) is 47.3. The minimum absolute atomic E-state index is 0. The summed E-state index contributed by atoms with van der Waals surface area (Å²) in [6.45, 7) is 4.18. The Kier molecular flexibility index (Phi) is 25.4. The molecule has 0 radical (unpaired) electrons. The molecular formula is C37H32Cl2N6O4RuS2. The van der Waals surface area contributed by atoms with E-state index in [1.807, 2.05) is 36.4 Å². The van der Waals surface area contributed by atoms with Crippen molar-refractivity contribution in [2.75, 3.05) is 19.6 Å². The van der Waals surface area contributed by atoms with Crippen LogP contribution in [0.15, 0.2) is 115 Å². The number of nitrogens with zero attached hydrogens (tertiary/aromatic N) is 6. The van der Waals surface area contributed by atoms with E-state index in [0.29, 0.717) is 22.5 Å². The molecule has 5 rings (SSSR count). The number of rotatable bonds is 6. The van der Waals surface area contributed by atoms with Crippen LogP contribution in [0.25, 0.3) is 22.2 Å². The molecule has 52 heavy (non-hydrogen) atoms. The molecule has 3 heterocycles. The largest absolute Gasteiger partial charge is 2.00 e. The summed E-state index contributed by atoms with van der Waals surface area (Å²) >= 11 is 16.9. The van der Waals surface area contributed by atoms with Crippen LogP contribution in [0.5, 0.6) is 0 Å². The van der Waals surface area contributed by atoms with Gasteiger partial charge in [0.05, 0.1) is 59.2 Å². The van der Waals surface area contributed by atoms with Gasteiger partial charge >= 0.3 is 31.4 Å². The predicted molar refractivity (Wildman–Crippen MR) is 211 cm³/mol. The number of ether oxygens (including phenoxy) is 2. The zero-order valence-corrected chi connectivity index (χ0v) is 33.2. The van der Waals surface area contributed by atoms with E-state index in [1.54, 1.807) is 30.5 Å². The van der Waals surface area contributed by atoms with Crippen LogP contribution < -0.4 is 0 Å². The van der Waals surface area contributed by atoms with Crippen molar-refractivity contribution >= 4 is 81.3 Å². The van der Waals surface area contributed by atoms with Crippen LogP contribution in [0.4, 0.5) is 5.69 Å². The summed E-state index contributed by atoms with van der Waals surface area (Å²) in [5.41, 5.74) is 7.89. The molecule has 0 aliphatic heterocycles. The van der Waals surface area contributed by atoms with E-state index in [-0.39, 0.29) is 24.8 Å². The number of thiocarbonyl (C=S) groups is 2. The molecule has 15 heteroatoms. The number of carbonyl (C=O) groups excluding carboxylic acids is 2. The summed E-state index contributed by atoms with van der Waals surface area (Å²) in [6, 6.07) is 28.5. The molecule has 0 amide bonds. The Morgan fingerprint density at radius 3 is 1.54 bits per heavy atom. The second kappa shape index (κ2) is 28.0. The minimum Gasteiger partial charge on any atom is -0.753 e. The third-order valence-electron chi connectivity index (χ3n) is 6.24. The normalized spacial score (nSPS) is 9.31. The Hall–Kier alpha value is -4.70. The van der Waals surface area contributed by atoms with E-state index >= 15 is 0 Å². The molecule has 2 aromatic carbocycles. The molecular weight excluding hydrogens is 829 g/mol. The number of hydrogen-bond acceptors (Lipinski definition) is 10. The van der Waals surface area contributed by atoms with Gasteiger partial charge in [-0.1, -0.05) is 79.0 Å². The number of aryl methyl sites for hydroxylation is 2. The third-order valence-corrected chi connectivity index (χ3v) is 6.24. The van der Waals surface area contributed by atoms with Crippen LogP contribution in [-0.2, 0) is 29.0 Å². The van der Waals surface area contributed by atoms with Crippen LogP contribution in [0.1, 0.15) is 43.1 Å². The molecule has 0 saturated carbocycles. The first-order valence-corrected chi connectivity index (χ1v) is 16.4. The number of carbonyl (C=O) groups is 2. The molecule has 0 bridgehead atoms. The maximum atomic E-state index is 11.5. The first-order valence-electron chi connectivity index (χ1n) is 14.5. The average molecular weight is 861 g/mol. The van der Waals surface area contributed by atoms with Gasteiger partial charge in [-0.2, -0.15) is 10.3 Å². The summed E-state index contributed by atoms with van der Waals surface area (Å²) in [5.74, 6) is -0.921. The number of aliphatic imine (C=N–C) groups is 1. The van der Waals surface area contributed by atoms with Crippen molar-refractivity contribution in [3.05, 3.63) is 154 Å². The summed E-state index contributed by atoms with van der Waals surface area (Å²) in [5, 5.41) is 17.1. The number of benzene rings is 2. The number of esters is 2. The van der Waals surface area contributed by atoms with E-state index in [9.17, 15) is 9.59 Å². The molecule has 0 spiro atoms. The second-order valence-corrected chi connectivity index (χ2v) is 10.6. The molecule has 0 saturated heterocycles. The quantitative estimate of drug-likeness (QED) is 0.0536. The van der Waals surface area contributed by atoms with Crippen molar-refractivity contribution in [2.45, 2.75) is 13.8 Å². The zero-order valence-electron chi connectivity index (χ0n) is 28.3. The van der Waals surface area contributed by atoms with E-state index in [1.165, 1.54) is 48.1 Å². The molecule has 268 valence electrons. The fourth-order valence-corrected chi connectivity index (χ4v) is 4.09. The van der Waals surface area contributed by atoms with E-state index in [4.69, 9.17) is 39.0 Å². The zero-order chi connectivity index (χ0) is 38.0. The molecule has 0 aliphatic carbocycles. The van der Waals surface area contributed by atoms with Gasteiger partial charge in [0.2, 0.25) is 0 Å². The average Bonchev–Trinajstić information content (AvgIpc) is 3.16. The van der Waals surface area contributed by atoms with Crippen molar-refractivity contribution in [3.8, 4) is 11.4 Å². The fraction of sp³-hybridized carbons (Fsp3) is 0.135. The molecule has 5 aromatic rings. The summed E-state index contributed by atoms with van der Waals surface area (Å²) < 4.78 is 9.29. The fourth-order valence-electron chi connectivity index (χ4n) is 4.09. The van der Waals surface area contributed by atoms with Crippen LogP contribution in [0.2, 0.25) is 0 Å². The van der Waals surface area contributed by atoms with Crippen molar-refractivity contribution in [2.24, 2.45) is 4.99 Å². The van der Waals surface area contributed by atoms with Crippen LogP contribution >= 0.6 is 47.6 Å². The van der Waals surface area contributed by atoms with Crippen molar-refractivity contribution in [1.82, 2.24) is 15.0 Å². The Morgan fingerprint density at radius 2 is 1.13 bits per heavy atom. The number of hydrogen-bond donors (Lipinski definition) is 0. The number of pyridine rings is 3. The maximum absolute atomic E-state index is 11.5.